The van der Waals surface area contributed by atoms with Crippen molar-refractivity contribution in [3.63, 3.8) is 0 Å². The molecule has 0 bridgehead atoms. The number of carbonyl (C=O) groups is 3. The second kappa shape index (κ2) is 17.1. The van der Waals surface area contributed by atoms with Crippen LogP contribution in [0, 0.1) is 0 Å². The Kier molecular flexibility index (Phi) is 14.9. The highest BCUT2D eigenvalue weighted by molar-refractivity contribution is 5.73. The summed E-state index contributed by atoms with van der Waals surface area (Å²) >= 11 is 0. The van der Waals surface area contributed by atoms with Crippen LogP contribution in [-0.4, -0.2) is 115 Å². The molecule has 12 nitrogen and oxygen atoms in total. The average molecular weight is 684 g/mol. The van der Waals surface area contributed by atoms with Crippen LogP contribution in [0.1, 0.15) is 24.1 Å². The molecule has 0 radical (unpaired) electrons. The van der Waals surface area contributed by atoms with E-state index in [4.69, 9.17) is 34.4 Å². The third-order valence-electron chi connectivity index (χ3n) is 6.10. The molecule has 260 valence electrons. The van der Waals surface area contributed by atoms with Crippen molar-refractivity contribution in [1.29, 1.82) is 0 Å². The Morgan fingerprint density at radius 1 is 0.826 bits per heavy atom. The van der Waals surface area contributed by atoms with Crippen molar-refractivity contribution < 1.29 is 74.0 Å². The van der Waals surface area contributed by atoms with Crippen LogP contribution in [0.25, 0.3) is 0 Å². The lowest BCUT2D eigenvalue weighted by Gasteiger charge is -2.47. The Balaban J connectivity index is 0.000000413. The summed E-state index contributed by atoms with van der Waals surface area (Å²) in [4.78, 5) is 36.2. The molecular formula is C25H30F9N5O7. The van der Waals surface area contributed by atoms with Gasteiger partial charge in [0.25, 0.3) is 0 Å². The molecule has 0 saturated carbocycles. The molecule has 3 N–H and O–H groups in total. The zero-order valence-corrected chi connectivity index (χ0v) is 23.9. The van der Waals surface area contributed by atoms with Gasteiger partial charge in [-0.05, 0) is 25.0 Å². The van der Waals surface area contributed by atoms with Gasteiger partial charge in [-0.15, -0.1) is 0 Å². The maximum absolute atomic E-state index is 10.6. The third-order valence-corrected chi connectivity index (χ3v) is 6.10. The highest BCUT2D eigenvalue weighted by Crippen LogP contribution is 2.31. The van der Waals surface area contributed by atoms with Crippen molar-refractivity contribution in [3.8, 4) is 0 Å². The molecule has 0 amide bonds. The zero-order chi connectivity index (χ0) is 35.3. The lowest BCUT2D eigenvalue weighted by atomic mass is 9.89. The van der Waals surface area contributed by atoms with Gasteiger partial charge in [0.2, 0.25) is 0 Å². The highest BCUT2D eigenvalue weighted by atomic mass is 19.4. The summed E-state index contributed by atoms with van der Waals surface area (Å²) in [6.45, 7) is 6.93. The van der Waals surface area contributed by atoms with Gasteiger partial charge < -0.3 is 20.1 Å². The summed E-state index contributed by atoms with van der Waals surface area (Å²) in [7, 11) is 1.97. The van der Waals surface area contributed by atoms with Crippen LogP contribution in [0.5, 0.6) is 0 Å². The van der Waals surface area contributed by atoms with E-state index >= 15 is 0 Å². The molecular weight excluding hydrogens is 653 g/mol. The van der Waals surface area contributed by atoms with Crippen LogP contribution in [0.2, 0.25) is 0 Å². The van der Waals surface area contributed by atoms with Crippen molar-refractivity contribution in [2.45, 2.75) is 50.1 Å². The molecule has 2 aliphatic rings. The fourth-order valence-corrected chi connectivity index (χ4v) is 4.01. The molecule has 21 heteroatoms. The van der Waals surface area contributed by atoms with E-state index in [0.29, 0.717) is 0 Å². The van der Waals surface area contributed by atoms with E-state index in [1.165, 1.54) is 5.56 Å². The number of aromatic nitrogens is 3. The minimum Gasteiger partial charge on any atom is -0.475 e. The lowest BCUT2D eigenvalue weighted by Crippen LogP contribution is -2.56. The Labute approximate surface area is 255 Å². The fourth-order valence-electron chi connectivity index (χ4n) is 4.01. The van der Waals surface area contributed by atoms with E-state index in [-0.39, 0.29) is 5.60 Å². The summed E-state index contributed by atoms with van der Waals surface area (Å²) in [5.41, 5.74) is 2.46. The van der Waals surface area contributed by atoms with Crippen LogP contribution in [0.3, 0.4) is 0 Å². The summed E-state index contributed by atoms with van der Waals surface area (Å²) in [6.07, 6.45) is -7.09. The maximum Gasteiger partial charge on any atom is 0.490 e. The van der Waals surface area contributed by atoms with Gasteiger partial charge in [-0.25, -0.2) is 14.4 Å². The molecule has 2 aromatic heterocycles. The van der Waals surface area contributed by atoms with Gasteiger partial charge in [0.1, 0.15) is 0 Å². The molecule has 0 aliphatic carbocycles. The molecule has 2 aliphatic heterocycles. The van der Waals surface area contributed by atoms with Gasteiger partial charge in [-0.3, -0.25) is 19.5 Å². The Hall–Kier alpha value is -3.98. The van der Waals surface area contributed by atoms with Crippen LogP contribution >= 0.6 is 0 Å². The first kappa shape index (κ1) is 40.0. The molecule has 2 aromatic rings. The second-order valence-corrected chi connectivity index (χ2v) is 9.77. The first-order valence-corrected chi connectivity index (χ1v) is 12.9. The number of hydrogen-bond acceptors (Lipinski definition) is 8. The van der Waals surface area contributed by atoms with E-state index in [2.05, 4.69) is 38.2 Å². The number of hydrogen-bond donors (Lipinski definition) is 3. The summed E-state index contributed by atoms with van der Waals surface area (Å²) < 4.78 is 103. The van der Waals surface area contributed by atoms with Crippen molar-refractivity contribution in [1.82, 2.24) is 24.6 Å². The van der Waals surface area contributed by atoms with Crippen LogP contribution in [-0.2, 0) is 39.3 Å². The molecule has 2 fully saturated rings. The molecule has 46 heavy (non-hydrogen) atoms. The Bertz CT molecular complexity index is 1190. The topological polar surface area (TPSA) is 158 Å². The number of carboxylic acids is 3. The number of nitrogens with zero attached hydrogens (tertiary/aromatic N) is 5. The van der Waals surface area contributed by atoms with Gasteiger partial charge in [0.05, 0.1) is 24.1 Å². The van der Waals surface area contributed by atoms with E-state index in [9.17, 15) is 39.5 Å². The van der Waals surface area contributed by atoms with Crippen molar-refractivity contribution in [2.24, 2.45) is 7.05 Å². The fraction of sp³-hybridized carbons (Fsp3) is 0.560. The number of pyridine rings is 1. The normalized spacial score (nSPS) is 16.9. The number of carboxylic acid groups (broad SMARTS) is 3. The molecule has 0 atom stereocenters. The molecule has 4 heterocycles. The Morgan fingerprint density at radius 3 is 1.72 bits per heavy atom. The van der Waals surface area contributed by atoms with Crippen molar-refractivity contribution in [3.05, 3.63) is 48.0 Å². The van der Waals surface area contributed by atoms with E-state index < -0.39 is 36.4 Å². The summed E-state index contributed by atoms with van der Waals surface area (Å²) in [6, 6.07) is 6.15. The maximum atomic E-state index is 10.6. The molecule has 1 spiro atoms. The van der Waals surface area contributed by atoms with Crippen molar-refractivity contribution in [2.75, 3.05) is 32.8 Å². The van der Waals surface area contributed by atoms with Gasteiger partial charge in [-0.1, -0.05) is 6.07 Å². The van der Waals surface area contributed by atoms with Gasteiger partial charge in [-0.2, -0.15) is 44.6 Å². The number of aliphatic carboxylic acids is 3. The summed E-state index contributed by atoms with van der Waals surface area (Å²) in [5, 5.41) is 25.6. The number of rotatable bonds is 4. The van der Waals surface area contributed by atoms with E-state index in [1.807, 2.05) is 30.2 Å². The minimum atomic E-state index is -5.08. The zero-order valence-electron chi connectivity index (χ0n) is 23.9. The number of piperidine rings is 1. The summed E-state index contributed by atoms with van der Waals surface area (Å²) in [5.74, 6) is -8.27. The number of ether oxygens (including phenoxy) is 1. The first-order chi connectivity index (χ1) is 21.0. The monoisotopic (exact) mass is 683 g/mol. The average Bonchev–Trinajstić information content (AvgIpc) is 3.34. The Morgan fingerprint density at radius 2 is 1.33 bits per heavy atom. The number of halogens is 9. The van der Waals surface area contributed by atoms with Gasteiger partial charge in [0.15, 0.2) is 0 Å². The number of aryl methyl sites for hydroxylation is 1. The molecule has 2 saturated heterocycles. The predicted molar refractivity (Wildman–Crippen MR) is 137 cm³/mol. The second-order valence-electron chi connectivity index (χ2n) is 9.77. The minimum absolute atomic E-state index is 0.0263. The molecule has 0 aromatic carbocycles. The SMILES string of the molecule is Cn1cc(CN2CCC3(CC2)CN(Cc2ccccn2)CCO3)cn1.O=C(O)C(F)(F)F.O=C(O)C(F)(F)F.O=C(O)C(F)(F)F. The largest absolute Gasteiger partial charge is 0.490 e. The molecule has 0 unspecified atom stereocenters. The highest BCUT2D eigenvalue weighted by Gasteiger charge is 2.41. The first-order valence-electron chi connectivity index (χ1n) is 12.9. The van der Waals surface area contributed by atoms with Gasteiger partial charge >= 0.3 is 36.4 Å². The smallest absolute Gasteiger partial charge is 0.475 e. The number of likely N-dealkylation sites (tertiary alicyclic amines) is 1. The number of alkyl halides is 9. The number of morpholine rings is 1. The quantitative estimate of drug-likeness (QED) is 0.405. The lowest BCUT2D eigenvalue weighted by molar-refractivity contribution is -0.193. The van der Waals surface area contributed by atoms with Crippen LogP contribution in [0.4, 0.5) is 39.5 Å². The van der Waals surface area contributed by atoms with Crippen molar-refractivity contribution >= 4 is 17.9 Å². The predicted octanol–water partition coefficient (Wildman–Crippen LogP) is 3.58. The van der Waals surface area contributed by atoms with Crippen LogP contribution < -0.4 is 0 Å². The van der Waals surface area contributed by atoms with E-state index in [0.717, 1.165) is 64.4 Å². The standard InChI is InChI=1S/C19H27N5O.3C2HF3O2/c1-22-13-17(12-21-22)14-23-8-5-19(6-9-23)16-24(10-11-25-19)15-18-4-2-3-7-20-18;3*3-2(4,5)1(6)7/h2-4,7,12-13H,5-6,8-11,14-16H2,1H3;3*(H,6,7). The van der Waals surface area contributed by atoms with Gasteiger partial charge in [0, 0.05) is 64.3 Å². The van der Waals surface area contributed by atoms with E-state index in [1.54, 1.807) is 0 Å². The molecule has 4 rings (SSSR count). The van der Waals surface area contributed by atoms with Crippen LogP contribution in [0.15, 0.2) is 36.8 Å². The third kappa shape index (κ3) is 15.3.